The summed E-state index contributed by atoms with van der Waals surface area (Å²) in [4.78, 5) is 0. The zero-order chi connectivity index (χ0) is 12.8. The van der Waals surface area contributed by atoms with Crippen molar-refractivity contribution in [1.29, 1.82) is 0 Å². The van der Waals surface area contributed by atoms with Crippen LogP contribution in [0.3, 0.4) is 0 Å². The Labute approximate surface area is 102 Å². The maximum Gasteiger partial charge on any atom is 0.131 e. The van der Waals surface area contributed by atoms with Gasteiger partial charge in [-0.25, -0.2) is 0 Å². The molecule has 0 aliphatic heterocycles. The Morgan fingerprint density at radius 2 is 1.59 bits per heavy atom. The largest absolute Gasteiger partial charge is 0.496 e. The molecule has 0 aliphatic rings. The third kappa shape index (κ3) is 3.01. The molecule has 1 atom stereocenters. The lowest BCUT2D eigenvalue weighted by Crippen LogP contribution is -2.17. The fourth-order valence-corrected chi connectivity index (χ4v) is 1.72. The van der Waals surface area contributed by atoms with E-state index in [4.69, 9.17) is 25.7 Å². The van der Waals surface area contributed by atoms with Gasteiger partial charge in [0.1, 0.15) is 17.2 Å². The third-order valence-electron chi connectivity index (χ3n) is 2.60. The van der Waals surface area contributed by atoms with Gasteiger partial charge in [0.2, 0.25) is 0 Å². The molecule has 0 aliphatic carbocycles. The first-order chi connectivity index (χ1) is 8.17. The van der Waals surface area contributed by atoms with Crippen molar-refractivity contribution in [2.24, 2.45) is 11.5 Å². The first-order valence-corrected chi connectivity index (χ1v) is 5.43. The molecule has 1 rings (SSSR count). The summed E-state index contributed by atoms with van der Waals surface area (Å²) in [7, 11) is 4.77. The lowest BCUT2D eigenvalue weighted by atomic mass is 10.0. The summed E-state index contributed by atoms with van der Waals surface area (Å²) >= 11 is 0. The average Bonchev–Trinajstić information content (AvgIpc) is 2.37. The van der Waals surface area contributed by atoms with Gasteiger partial charge < -0.3 is 25.7 Å². The van der Waals surface area contributed by atoms with Crippen LogP contribution in [-0.2, 0) is 0 Å². The highest BCUT2D eigenvalue weighted by molar-refractivity contribution is 5.52. The van der Waals surface area contributed by atoms with Gasteiger partial charge in [0.05, 0.1) is 26.9 Å². The minimum atomic E-state index is -0.212. The molecule has 5 heteroatoms. The van der Waals surface area contributed by atoms with Gasteiger partial charge >= 0.3 is 0 Å². The zero-order valence-electron chi connectivity index (χ0n) is 10.5. The minimum Gasteiger partial charge on any atom is -0.496 e. The highest BCUT2D eigenvalue weighted by atomic mass is 16.5. The van der Waals surface area contributed by atoms with Crippen LogP contribution < -0.4 is 25.7 Å². The van der Waals surface area contributed by atoms with Crippen molar-refractivity contribution in [1.82, 2.24) is 0 Å². The van der Waals surface area contributed by atoms with Crippen molar-refractivity contribution < 1.29 is 14.2 Å². The molecule has 0 bridgehead atoms. The Hall–Kier alpha value is -1.46. The predicted octanol–water partition coefficient (Wildman–Crippen LogP) is 1.06. The van der Waals surface area contributed by atoms with Crippen LogP contribution >= 0.6 is 0 Å². The SMILES string of the molecule is COc1cc(OC)c([C@@H](N)CCN)c(OC)c1. The Balaban J connectivity index is 3.23. The molecule has 17 heavy (non-hydrogen) atoms. The van der Waals surface area contributed by atoms with Crippen molar-refractivity contribution in [2.45, 2.75) is 12.5 Å². The van der Waals surface area contributed by atoms with Crippen LogP contribution in [0.25, 0.3) is 0 Å². The lowest BCUT2D eigenvalue weighted by Gasteiger charge is -2.19. The molecule has 1 aromatic carbocycles. The van der Waals surface area contributed by atoms with Crippen molar-refractivity contribution in [2.75, 3.05) is 27.9 Å². The smallest absolute Gasteiger partial charge is 0.131 e. The van der Waals surface area contributed by atoms with Gasteiger partial charge in [-0.2, -0.15) is 0 Å². The highest BCUT2D eigenvalue weighted by Crippen LogP contribution is 2.38. The Kier molecular flexibility index (Phi) is 5.06. The number of ether oxygens (including phenoxy) is 3. The van der Waals surface area contributed by atoms with Gasteiger partial charge in [0.15, 0.2) is 0 Å². The van der Waals surface area contributed by atoms with E-state index in [1.165, 1.54) is 0 Å². The Bertz CT molecular complexity index is 344. The summed E-state index contributed by atoms with van der Waals surface area (Å²) in [6, 6.07) is 3.36. The molecule has 0 saturated carbocycles. The quantitative estimate of drug-likeness (QED) is 0.777. The van der Waals surface area contributed by atoms with Crippen LogP contribution in [0.1, 0.15) is 18.0 Å². The maximum absolute atomic E-state index is 6.07. The van der Waals surface area contributed by atoms with E-state index in [1.807, 2.05) is 0 Å². The Morgan fingerprint density at radius 3 is 1.94 bits per heavy atom. The maximum atomic E-state index is 6.07. The van der Waals surface area contributed by atoms with E-state index in [0.29, 0.717) is 30.2 Å². The highest BCUT2D eigenvalue weighted by Gasteiger charge is 2.18. The van der Waals surface area contributed by atoms with E-state index in [1.54, 1.807) is 33.5 Å². The Morgan fingerprint density at radius 1 is 1.06 bits per heavy atom. The molecule has 0 radical (unpaired) electrons. The number of hydrogen-bond acceptors (Lipinski definition) is 5. The van der Waals surface area contributed by atoms with Gasteiger partial charge in [-0.15, -0.1) is 0 Å². The molecule has 0 heterocycles. The minimum absolute atomic E-state index is 0.212. The van der Waals surface area contributed by atoms with E-state index in [2.05, 4.69) is 0 Å². The van der Waals surface area contributed by atoms with Gasteiger partial charge in [0.25, 0.3) is 0 Å². The molecule has 0 fully saturated rings. The molecule has 0 saturated heterocycles. The van der Waals surface area contributed by atoms with Crippen LogP contribution in [0.2, 0.25) is 0 Å². The van der Waals surface area contributed by atoms with Gasteiger partial charge in [0, 0.05) is 18.2 Å². The fourth-order valence-electron chi connectivity index (χ4n) is 1.72. The monoisotopic (exact) mass is 240 g/mol. The van der Waals surface area contributed by atoms with E-state index >= 15 is 0 Å². The number of rotatable bonds is 6. The number of methoxy groups -OCH3 is 3. The molecular formula is C12H20N2O3. The van der Waals surface area contributed by atoms with E-state index in [-0.39, 0.29) is 6.04 Å². The summed E-state index contributed by atoms with van der Waals surface area (Å²) < 4.78 is 15.8. The molecule has 0 aromatic heterocycles. The summed E-state index contributed by atoms with van der Waals surface area (Å²) in [6.07, 6.45) is 0.666. The van der Waals surface area contributed by atoms with E-state index in [0.717, 1.165) is 5.56 Å². The zero-order valence-corrected chi connectivity index (χ0v) is 10.5. The standard InChI is InChI=1S/C12H20N2O3/c1-15-8-6-10(16-2)12(9(14)4-5-13)11(7-8)17-3/h6-7,9H,4-5,13-14H2,1-3H3/t9-/m0/s1. The van der Waals surface area contributed by atoms with Crippen molar-refractivity contribution >= 4 is 0 Å². The van der Waals surface area contributed by atoms with Crippen LogP contribution in [0.15, 0.2) is 12.1 Å². The van der Waals surface area contributed by atoms with E-state index in [9.17, 15) is 0 Å². The summed E-state index contributed by atoms with van der Waals surface area (Å²) in [5.74, 6) is 1.98. The lowest BCUT2D eigenvalue weighted by molar-refractivity contribution is 0.363. The molecular weight excluding hydrogens is 220 g/mol. The van der Waals surface area contributed by atoms with Crippen LogP contribution in [-0.4, -0.2) is 27.9 Å². The van der Waals surface area contributed by atoms with Crippen molar-refractivity contribution in [3.63, 3.8) is 0 Å². The second-order valence-electron chi connectivity index (χ2n) is 3.63. The molecule has 96 valence electrons. The second-order valence-corrected chi connectivity index (χ2v) is 3.63. The molecule has 5 nitrogen and oxygen atoms in total. The number of hydrogen-bond donors (Lipinski definition) is 2. The molecule has 1 aromatic rings. The molecule has 0 spiro atoms. The molecule has 0 unspecified atom stereocenters. The summed E-state index contributed by atoms with van der Waals surface area (Å²) in [5.41, 5.74) is 12.4. The number of benzene rings is 1. The molecule has 0 amide bonds. The normalized spacial score (nSPS) is 12.1. The average molecular weight is 240 g/mol. The van der Waals surface area contributed by atoms with Gasteiger partial charge in [-0.3, -0.25) is 0 Å². The van der Waals surface area contributed by atoms with Gasteiger partial charge in [-0.1, -0.05) is 0 Å². The van der Waals surface area contributed by atoms with Crippen molar-refractivity contribution in [3.05, 3.63) is 17.7 Å². The fraction of sp³-hybridized carbons (Fsp3) is 0.500. The van der Waals surface area contributed by atoms with Crippen LogP contribution in [0.5, 0.6) is 17.2 Å². The second kappa shape index (κ2) is 6.32. The first-order valence-electron chi connectivity index (χ1n) is 5.43. The first kappa shape index (κ1) is 13.6. The number of nitrogens with two attached hydrogens (primary N) is 2. The van der Waals surface area contributed by atoms with Crippen molar-refractivity contribution in [3.8, 4) is 17.2 Å². The van der Waals surface area contributed by atoms with E-state index < -0.39 is 0 Å². The van der Waals surface area contributed by atoms with Gasteiger partial charge in [-0.05, 0) is 13.0 Å². The third-order valence-corrected chi connectivity index (χ3v) is 2.60. The predicted molar refractivity (Wildman–Crippen MR) is 66.7 cm³/mol. The topological polar surface area (TPSA) is 79.7 Å². The summed E-state index contributed by atoms with van der Waals surface area (Å²) in [6.45, 7) is 0.513. The summed E-state index contributed by atoms with van der Waals surface area (Å²) in [5, 5.41) is 0. The van der Waals surface area contributed by atoms with Crippen LogP contribution in [0, 0.1) is 0 Å². The van der Waals surface area contributed by atoms with Crippen LogP contribution in [0.4, 0.5) is 0 Å². The molecule has 4 N–H and O–H groups in total.